The van der Waals surface area contributed by atoms with Gasteiger partial charge in [-0.15, -0.1) is 0 Å². The highest BCUT2D eigenvalue weighted by Crippen LogP contribution is 2.20. The van der Waals surface area contributed by atoms with Gasteiger partial charge < -0.3 is 4.74 Å². The number of alkyl halides is 1. The molecule has 0 saturated carbocycles. The minimum atomic E-state index is -0.914. The highest BCUT2D eigenvalue weighted by atomic mass is 79.9. The Balaban J connectivity index is 1.99. The third-order valence-electron chi connectivity index (χ3n) is 2.74. The quantitative estimate of drug-likeness (QED) is 0.618. The van der Waals surface area contributed by atoms with Gasteiger partial charge in [0.05, 0.1) is 4.83 Å². The second-order valence-corrected chi connectivity index (χ2v) is 5.22. The van der Waals surface area contributed by atoms with Crippen molar-refractivity contribution in [3.63, 3.8) is 0 Å². The molecule has 1 fully saturated rings. The van der Waals surface area contributed by atoms with E-state index >= 15 is 0 Å². The fraction of sp³-hybridized carbons (Fsp3) is 0.308. The van der Waals surface area contributed by atoms with E-state index in [1.165, 1.54) is 0 Å². The van der Waals surface area contributed by atoms with E-state index in [2.05, 4.69) is 15.9 Å². The summed E-state index contributed by atoms with van der Waals surface area (Å²) in [4.78, 5) is 35.2. The molecular weight excluding hydrogens is 314 g/mol. The second kappa shape index (κ2) is 5.97. The molecule has 0 spiro atoms. The lowest BCUT2D eigenvalue weighted by atomic mass is 10.1. The van der Waals surface area contributed by atoms with Gasteiger partial charge in [0.1, 0.15) is 6.61 Å². The minimum Gasteiger partial charge on any atom is -0.444 e. The van der Waals surface area contributed by atoms with Gasteiger partial charge in [-0.1, -0.05) is 46.3 Å². The lowest BCUT2D eigenvalue weighted by Gasteiger charge is -2.25. The molecule has 3 amide bonds. The van der Waals surface area contributed by atoms with Crippen LogP contribution < -0.4 is 0 Å². The van der Waals surface area contributed by atoms with Crippen molar-refractivity contribution in [1.82, 2.24) is 4.90 Å². The van der Waals surface area contributed by atoms with Crippen LogP contribution in [-0.4, -0.2) is 27.6 Å². The molecule has 1 unspecified atom stereocenters. The van der Waals surface area contributed by atoms with Gasteiger partial charge in [-0.2, -0.15) is 4.90 Å². The second-order valence-electron chi connectivity index (χ2n) is 4.11. The normalized spacial score (nSPS) is 19.4. The van der Waals surface area contributed by atoms with Crippen LogP contribution in [0.4, 0.5) is 4.79 Å². The summed E-state index contributed by atoms with van der Waals surface area (Å²) in [6, 6.07) is 9.06. The Morgan fingerprint density at radius 1 is 1.32 bits per heavy atom. The Bertz CT molecular complexity index is 503. The molecule has 1 aliphatic heterocycles. The van der Waals surface area contributed by atoms with Crippen LogP contribution in [0.3, 0.4) is 0 Å². The first-order valence-corrected chi connectivity index (χ1v) is 6.72. The number of benzene rings is 1. The maximum Gasteiger partial charge on any atom is 0.423 e. The molecule has 1 atom stereocenters. The van der Waals surface area contributed by atoms with E-state index in [1.807, 2.05) is 18.2 Å². The molecule has 5 nitrogen and oxygen atoms in total. The molecule has 0 radical (unpaired) electrons. The van der Waals surface area contributed by atoms with E-state index in [4.69, 9.17) is 4.74 Å². The molecule has 1 aromatic rings. The summed E-state index contributed by atoms with van der Waals surface area (Å²) in [7, 11) is 0. The summed E-state index contributed by atoms with van der Waals surface area (Å²) >= 11 is 3.13. The number of likely N-dealkylation sites (tertiary alicyclic amines) is 1. The monoisotopic (exact) mass is 325 g/mol. The Kier molecular flexibility index (Phi) is 4.31. The van der Waals surface area contributed by atoms with Crippen molar-refractivity contribution < 1.29 is 19.1 Å². The van der Waals surface area contributed by atoms with Gasteiger partial charge in [0, 0.05) is 6.42 Å². The fourth-order valence-electron chi connectivity index (χ4n) is 1.72. The van der Waals surface area contributed by atoms with Crippen LogP contribution >= 0.6 is 15.9 Å². The summed E-state index contributed by atoms with van der Waals surface area (Å²) in [6.45, 7) is 0.0314. The lowest BCUT2D eigenvalue weighted by Crippen LogP contribution is -2.49. The molecule has 1 heterocycles. The summed E-state index contributed by atoms with van der Waals surface area (Å²) in [6.07, 6.45) is -0.356. The van der Waals surface area contributed by atoms with Crippen LogP contribution in [0.5, 0.6) is 0 Å². The number of halogens is 1. The molecular formula is C13H12BrNO4. The highest BCUT2D eigenvalue weighted by Gasteiger charge is 2.38. The summed E-state index contributed by atoms with van der Waals surface area (Å²) in [5.41, 5.74) is 0.795. The standard InChI is InChI=1S/C13H12BrNO4/c14-10-6-7-11(16)15(12(10)17)13(18)19-8-9-4-2-1-3-5-9/h1-5,10H,6-8H2. The molecule has 0 aromatic heterocycles. The van der Waals surface area contributed by atoms with E-state index < -0.39 is 22.7 Å². The molecule has 0 bridgehead atoms. The van der Waals surface area contributed by atoms with Gasteiger partial charge in [-0.05, 0) is 12.0 Å². The number of amides is 3. The van der Waals surface area contributed by atoms with Crippen LogP contribution in [0, 0.1) is 0 Å². The number of imide groups is 3. The molecule has 1 saturated heterocycles. The molecule has 0 N–H and O–H groups in total. The zero-order valence-electron chi connectivity index (χ0n) is 10.0. The van der Waals surface area contributed by atoms with Crippen molar-refractivity contribution in [3.8, 4) is 0 Å². The van der Waals surface area contributed by atoms with Crippen LogP contribution in [0.25, 0.3) is 0 Å². The molecule has 100 valence electrons. The SMILES string of the molecule is O=C1CCC(Br)C(=O)N1C(=O)OCc1ccccc1. The molecule has 1 aliphatic rings. The number of rotatable bonds is 2. The Hall–Kier alpha value is -1.69. The number of hydrogen-bond donors (Lipinski definition) is 0. The Labute approximate surface area is 118 Å². The first kappa shape index (κ1) is 13.7. The van der Waals surface area contributed by atoms with Crippen LogP contribution in [0.1, 0.15) is 18.4 Å². The molecule has 2 rings (SSSR count). The smallest absolute Gasteiger partial charge is 0.423 e. The number of carbonyl (C=O) groups is 3. The van der Waals surface area contributed by atoms with Crippen molar-refractivity contribution in [2.75, 3.05) is 0 Å². The zero-order chi connectivity index (χ0) is 13.8. The average Bonchev–Trinajstić information content (AvgIpc) is 2.42. The van der Waals surface area contributed by atoms with Crippen molar-refractivity contribution in [3.05, 3.63) is 35.9 Å². The number of piperidine rings is 1. The third kappa shape index (κ3) is 3.20. The lowest BCUT2D eigenvalue weighted by molar-refractivity contribution is -0.144. The maximum atomic E-state index is 11.8. The van der Waals surface area contributed by atoms with Gasteiger partial charge in [-0.3, -0.25) is 9.59 Å². The first-order valence-electron chi connectivity index (χ1n) is 5.81. The maximum absolute atomic E-state index is 11.8. The predicted octanol–water partition coefficient (Wildman–Crippen LogP) is 2.24. The number of carbonyl (C=O) groups excluding carboxylic acids is 3. The van der Waals surface area contributed by atoms with Crippen LogP contribution in [-0.2, 0) is 20.9 Å². The van der Waals surface area contributed by atoms with Crippen molar-refractivity contribution in [2.24, 2.45) is 0 Å². The summed E-state index contributed by atoms with van der Waals surface area (Å²) in [5, 5.41) is 0. The Morgan fingerprint density at radius 2 is 2.00 bits per heavy atom. The summed E-state index contributed by atoms with van der Waals surface area (Å²) in [5.74, 6) is -1.08. The van der Waals surface area contributed by atoms with E-state index in [0.717, 1.165) is 5.56 Å². The molecule has 19 heavy (non-hydrogen) atoms. The van der Waals surface area contributed by atoms with Gasteiger partial charge in [0.2, 0.25) is 5.91 Å². The molecule has 6 heteroatoms. The number of nitrogens with zero attached hydrogens (tertiary/aromatic N) is 1. The zero-order valence-corrected chi connectivity index (χ0v) is 11.6. The first-order chi connectivity index (χ1) is 9.09. The van der Waals surface area contributed by atoms with Crippen LogP contribution in [0.15, 0.2) is 30.3 Å². The highest BCUT2D eigenvalue weighted by molar-refractivity contribution is 9.10. The van der Waals surface area contributed by atoms with E-state index in [-0.39, 0.29) is 13.0 Å². The van der Waals surface area contributed by atoms with Crippen molar-refractivity contribution >= 4 is 33.8 Å². The van der Waals surface area contributed by atoms with Crippen molar-refractivity contribution in [2.45, 2.75) is 24.3 Å². The average molecular weight is 326 g/mol. The van der Waals surface area contributed by atoms with Gasteiger partial charge in [-0.25, -0.2) is 4.79 Å². The third-order valence-corrected chi connectivity index (χ3v) is 3.59. The number of hydrogen-bond acceptors (Lipinski definition) is 4. The van der Waals surface area contributed by atoms with E-state index in [9.17, 15) is 14.4 Å². The predicted molar refractivity (Wildman–Crippen MR) is 70.4 cm³/mol. The topological polar surface area (TPSA) is 63.7 Å². The van der Waals surface area contributed by atoms with Crippen LogP contribution in [0.2, 0.25) is 0 Å². The van der Waals surface area contributed by atoms with E-state index in [1.54, 1.807) is 12.1 Å². The summed E-state index contributed by atoms with van der Waals surface area (Å²) < 4.78 is 4.98. The molecule has 1 aromatic carbocycles. The fourth-order valence-corrected chi connectivity index (χ4v) is 2.16. The number of ether oxygens (including phenoxy) is 1. The van der Waals surface area contributed by atoms with Gasteiger partial charge in [0.25, 0.3) is 5.91 Å². The minimum absolute atomic E-state index is 0.0314. The largest absolute Gasteiger partial charge is 0.444 e. The van der Waals surface area contributed by atoms with Gasteiger partial charge in [0.15, 0.2) is 0 Å². The Morgan fingerprint density at radius 3 is 2.68 bits per heavy atom. The van der Waals surface area contributed by atoms with Crippen molar-refractivity contribution in [1.29, 1.82) is 0 Å². The van der Waals surface area contributed by atoms with E-state index in [0.29, 0.717) is 11.3 Å². The molecule has 0 aliphatic carbocycles. The van der Waals surface area contributed by atoms with Gasteiger partial charge >= 0.3 is 6.09 Å².